The Balaban J connectivity index is 0.00000112. The zero-order chi connectivity index (χ0) is 10.1. The number of hydrogen-bond acceptors (Lipinski definition) is 1. The number of rotatable bonds is 0. The largest absolute Gasteiger partial charge is 0.342 e. The highest BCUT2D eigenvalue weighted by molar-refractivity contribution is 5.95. The molecule has 1 aromatic carbocycles. The van der Waals surface area contributed by atoms with Gasteiger partial charge in [0.2, 0.25) is 0 Å². The van der Waals surface area contributed by atoms with Gasteiger partial charge in [-0.3, -0.25) is 4.79 Å². The maximum Gasteiger partial charge on any atom is 0.253 e. The molecule has 0 spiro atoms. The predicted octanol–water partition coefficient (Wildman–Crippen LogP) is 2.65. The van der Waals surface area contributed by atoms with Crippen LogP contribution in [0.4, 0.5) is 0 Å². The van der Waals surface area contributed by atoms with Gasteiger partial charge in [0.15, 0.2) is 0 Å². The molecule has 0 saturated heterocycles. The van der Waals surface area contributed by atoms with Crippen LogP contribution in [0.1, 0.15) is 35.3 Å². The Morgan fingerprint density at radius 1 is 1.33 bits per heavy atom. The fourth-order valence-electron chi connectivity index (χ4n) is 1.95. The maximum atomic E-state index is 11.9. The minimum Gasteiger partial charge on any atom is -0.342 e. The van der Waals surface area contributed by atoms with Crippen molar-refractivity contribution in [3.63, 3.8) is 0 Å². The molecule has 15 heavy (non-hydrogen) atoms. The van der Waals surface area contributed by atoms with Gasteiger partial charge >= 0.3 is 0 Å². The first-order valence-electron chi connectivity index (χ1n) is 5.03. The minimum absolute atomic E-state index is 0. The standard InChI is InChI=1S/C12H15NO.CH4/c1-9-5-6-11-10(8-9)4-3-7-13(2)12(11)14;/h5-6,8H,3-4,7H2,1-2H3;1H4. The van der Waals surface area contributed by atoms with E-state index in [1.54, 1.807) is 4.90 Å². The number of aryl methyl sites for hydroxylation is 2. The second kappa shape index (κ2) is 4.47. The summed E-state index contributed by atoms with van der Waals surface area (Å²) in [5, 5.41) is 0. The van der Waals surface area contributed by atoms with Crippen molar-refractivity contribution in [1.29, 1.82) is 0 Å². The van der Waals surface area contributed by atoms with E-state index in [0.29, 0.717) is 0 Å². The third kappa shape index (κ3) is 2.20. The molecule has 0 radical (unpaired) electrons. The van der Waals surface area contributed by atoms with E-state index < -0.39 is 0 Å². The van der Waals surface area contributed by atoms with Crippen molar-refractivity contribution in [3.8, 4) is 0 Å². The van der Waals surface area contributed by atoms with Crippen LogP contribution in [0, 0.1) is 6.92 Å². The number of hydrogen-bond donors (Lipinski definition) is 0. The van der Waals surface area contributed by atoms with Crippen molar-refractivity contribution >= 4 is 5.91 Å². The van der Waals surface area contributed by atoms with Gasteiger partial charge in [-0.2, -0.15) is 0 Å². The van der Waals surface area contributed by atoms with E-state index in [2.05, 4.69) is 13.0 Å². The lowest BCUT2D eigenvalue weighted by Gasteiger charge is -2.13. The number of carbonyl (C=O) groups is 1. The number of carbonyl (C=O) groups excluding carboxylic acids is 1. The van der Waals surface area contributed by atoms with Gasteiger partial charge in [-0.15, -0.1) is 0 Å². The molecule has 2 heteroatoms. The molecular weight excluding hydrogens is 186 g/mol. The first-order chi connectivity index (χ1) is 6.68. The van der Waals surface area contributed by atoms with Gasteiger partial charge in [-0.1, -0.05) is 25.1 Å². The third-order valence-electron chi connectivity index (χ3n) is 2.78. The highest BCUT2D eigenvalue weighted by atomic mass is 16.2. The summed E-state index contributed by atoms with van der Waals surface area (Å²) in [6, 6.07) is 6.09. The van der Waals surface area contributed by atoms with Crippen LogP contribution in [0.25, 0.3) is 0 Å². The molecule has 0 unspecified atom stereocenters. The van der Waals surface area contributed by atoms with Crippen LogP contribution in [-0.2, 0) is 6.42 Å². The zero-order valence-corrected chi connectivity index (χ0v) is 8.71. The second-order valence-electron chi connectivity index (χ2n) is 3.99. The van der Waals surface area contributed by atoms with Crippen LogP contribution >= 0.6 is 0 Å². The molecule has 0 bridgehead atoms. The summed E-state index contributed by atoms with van der Waals surface area (Å²) < 4.78 is 0. The quantitative estimate of drug-likeness (QED) is 0.637. The molecule has 1 aliphatic rings. The first kappa shape index (κ1) is 11.8. The Morgan fingerprint density at radius 3 is 2.80 bits per heavy atom. The summed E-state index contributed by atoms with van der Waals surface area (Å²) in [6.07, 6.45) is 2.09. The van der Waals surface area contributed by atoms with Gasteiger partial charge in [0.1, 0.15) is 0 Å². The van der Waals surface area contributed by atoms with E-state index >= 15 is 0 Å². The van der Waals surface area contributed by atoms with Gasteiger partial charge in [0, 0.05) is 19.2 Å². The molecule has 0 aromatic heterocycles. The molecule has 0 N–H and O–H groups in total. The van der Waals surface area contributed by atoms with E-state index in [1.165, 1.54) is 11.1 Å². The van der Waals surface area contributed by atoms with Crippen LogP contribution in [-0.4, -0.2) is 24.4 Å². The molecule has 1 aliphatic heterocycles. The van der Waals surface area contributed by atoms with Crippen LogP contribution in [0.15, 0.2) is 18.2 Å². The smallest absolute Gasteiger partial charge is 0.253 e. The van der Waals surface area contributed by atoms with Crippen LogP contribution in [0.3, 0.4) is 0 Å². The topological polar surface area (TPSA) is 20.3 Å². The fourth-order valence-corrected chi connectivity index (χ4v) is 1.95. The maximum absolute atomic E-state index is 11.9. The lowest BCUT2D eigenvalue weighted by atomic mass is 10.0. The lowest BCUT2D eigenvalue weighted by Crippen LogP contribution is -2.26. The minimum atomic E-state index is 0. The second-order valence-corrected chi connectivity index (χ2v) is 3.99. The van der Waals surface area contributed by atoms with Gasteiger partial charge in [-0.05, 0) is 31.4 Å². The van der Waals surface area contributed by atoms with Crippen LogP contribution in [0.2, 0.25) is 0 Å². The highest BCUT2D eigenvalue weighted by Crippen LogP contribution is 2.18. The van der Waals surface area contributed by atoms with Gasteiger partial charge in [0.25, 0.3) is 5.91 Å². The molecule has 0 atom stereocenters. The molecule has 1 heterocycles. The average molecular weight is 205 g/mol. The Morgan fingerprint density at radius 2 is 2.07 bits per heavy atom. The Hall–Kier alpha value is -1.31. The van der Waals surface area contributed by atoms with E-state index in [4.69, 9.17) is 0 Å². The number of fused-ring (bicyclic) bond motifs is 1. The molecule has 2 nitrogen and oxygen atoms in total. The third-order valence-corrected chi connectivity index (χ3v) is 2.78. The first-order valence-corrected chi connectivity index (χ1v) is 5.03. The summed E-state index contributed by atoms with van der Waals surface area (Å²) in [5.41, 5.74) is 3.33. The number of amides is 1. The molecular formula is C13H19NO. The average Bonchev–Trinajstić information content (AvgIpc) is 2.28. The monoisotopic (exact) mass is 205 g/mol. The molecule has 1 amide bonds. The van der Waals surface area contributed by atoms with Crippen molar-refractivity contribution in [2.75, 3.05) is 13.6 Å². The van der Waals surface area contributed by atoms with Crippen molar-refractivity contribution in [1.82, 2.24) is 4.90 Å². The van der Waals surface area contributed by atoms with E-state index in [1.807, 2.05) is 19.2 Å². The predicted molar refractivity (Wildman–Crippen MR) is 63.2 cm³/mol. The summed E-state index contributed by atoms with van der Waals surface area (Å²) >= 11 is 0. The summed E-state index contributed by atoms with van der Waals surface area (Å²) in [7, 11) is 1.87. The normalized spacial score (nSPS) is 15.3. The SMILES string of the molecule is C.Cc1ccc2c(c1)CCCN(C)C2=O. The lowest BCUT2D eigenvalue weighted by molar-refractivity contribution is 0.0800. The molecule has 0 aliphatic carbocycles. The fraction of sp³-hybridized carbons (Fsp3) is 0.462. The molecule has 0 saturated carbocycles. The van der Waals surface area contributed by atoms with Gasteiger partial charge < -0.3 is 4.90 Å². The van der Waals surface area contributed by atoms with Gasteiger partial charge in [-0.25, -0.2) is 0 Å². The highest BCUT2D eigenvalue weighted by Gasteiger charge is 2.18. The van der Waals surface area contributed by atoms with Gasteiger partial charge in [0.05, 0.1) is 0 Å². The molecule has 1 aromatic rings. The number of benzene rings is 1. The van der Waals surface area contributed by atoms with Crippen molar-refractivity contribution < 1.29 is 4.79 Å². The van der Waals surface area contributed by atoms with Crippen molar-refractivity contribution in [2.45, 2.75) is 27.2 Å². The Bertz CT molecular complexity index is 371. The van der Waals surface area contributed by atoms with Crippen molar-refractivity contribution in [2.24, 2.45) is 0 Å². The summed E-state index contributed by atoms with van der Waals surface area (Å²) in [6.45, 7) is 2.94. The molecule has 2 rings (SSSR count). The number of nitrogens with zero attached hydrogens (tertiary/aromatic N) is 1. The van der Waals surface area contributed by atoms with E-state index in [0.717, 1.165) is 24.9 Å². The Labute approximate surface area is 91.9 Å². The van der Waals surface area contributed by atoms with E-state index in [9.17, 15) is 4.79 Å². The summed E-state index contributed by atoms with van der Waals surface area (Å²) in [4.78, 5) is 13.7. The molecule has 0 fully saturated rings. The van der Waals surface area contributed by atoms with E-state index in [-0.39, 0.29) is 13.3 Å². The Kier molecular flexibility index (Phi) is 3.51. The van der Waals surface area contributed by atoms with Crippen LogP contribution < -0.4 is 0 Å². The van der Waals surface area contributed by atoms with Crippen LogP contribution in [0.5, 0.6) is 0 Å². The summed E-state index contributed by atoms with van der Waals surface area (Å²) in [5.74, 6) is 0.164. The zero-order valence-electron chi connectivity index (χ0n) is 8.71. The molecule has 82 valence electrons. The van der Waals surface area contributed by atoms with Crippen molar-refractivity contribution in [3.05, 3.63) is 34.9 Å².